The van der Waals surface area contributed by atoms with Crippen LogP contribution in [0.15, 0.2) is 36.5 Å². The van der Waals surface area contributed by atoms with E-state index in [1.807, 2.05) is 14.1 Å². The molecule has 0 bridgehead atoms. The van der Waals surface area contributed by atoms with Crippen LogP contribution in [0.3, 0.4) is 0 Å². The van der Waals surface area contributed by atoms with Crippen LogP contribution < -0.4 is 10.6 Å². The Labute approximate surface area is 145 Å². The van der Waals surface area contributed by atoms with Crippen LogP contribution in [0.4, 0.5) is 15.8 Å². The molecule has 2 N–H and O–H groups in total. The molecule has 0 aliphatic carbocycles. The van der Waals surface area contributed by atoms with Crippen molar-refractivity contribution in [1.29, 1.82) is 0 Å². The molecule has 0 unspecified atom stereocenters. The standard InChI is InChI=1S/C17H20ClFN4O/c1-23(2)9-3-8-20-13-5-7-16(21-11-13)17(24)22-12-4-6-15(19)14(18)10-12/h4-7,10-11,20H,3,8-9H2,1-2H3,(H,22,24). The first-order chi connectivity index (χ1) is 11.5. The number of carbonyl (C=O) groups is 1. The average Bonchev–Trinajstić information content (AvgIpc) is 2.55. The summed E-state index contributed by atoms with van der Waals surface area (Å²) in [5.41, 5.74) is 1.54. The molecule has 1 aromatic heterocycles. The summed E-state index contributed by atoms with van der Waals surface area (Å²) >= 11 is 5.69. The Balaban J connectivity index is 1.89. The molecule has 5 nitrogen and oxygen atoms in total. The van der Waals surface area contributed by atoms with Gasteiger partial charge in [0.15, 0.2) is 0 Å². The molecule has 2 rings (SSSR count). The van der Waals surface area contributed by atoms with Gasteiger partial charge in [-0.1, -0.05) is 11.6 Å². The fourth-order valence-electron chi connectivity index (χ4n) is 2.03. The van der Waals surface area contributed by atoms with E-state index in [1.54, 1.807) is 18.3 Å². The monoisotopic (exact) mass is 350 g/mol. The van der Waals surface area contributed by atoms with E-state index < -0.39 is 5.82 Å². The molecule has 1 amide bonds. The van der Waals surface area contributed by atoms with Crippen molar-refractivity contribution in [1.82, 2.24) is 9.88 Å². The molecule has 1 aromatic carbocycles. The number of rotatable bonds is 7. The molecule has 0 aliphatic rings. The van der Waals surface area contributed by atoms with Crippen molar-refractivity contribution in [3.05, 3.63) is 53.1 Å². The van der Waals surface area contributed by atoms with Crippen molar-refractivity contribution in [2.45, 2.75) is 6.42 Å². The van der Waals surface area contributed by atoms with Gasteiger partial charge in [0.25, 0.3) is 5.91 Å². The lowest BCUT2D eigenvalue weighted by molar-refractivity contribution is 0.102. The van der Waals surface area contributed by atoms with Crippen LogP contribution in [0.25, 0.3) is 0 Å². The third kappa shape index (κ3) is 5.47. The van der Waals surface area contributed by atoms with Gasteiger partial charge in [-0.3, -0.25) is 4.79 Å². The van der Waals surface area contributed by atoms with Crippen LogP contribution >= 0.6 is 11.6 Å². The van der Waals surface area contributed by atoms with Gasteiger partial charge in [-0.15, -0.1) is 0 Å². The summed E-state index contributed by atoms with van der Waals surface area (Å²) in [4.78, 5) is 18.4. The largest absolute Gasteiger partial charge is 0.384 e. The summed E-state index contributed by atoms with van der Waals surface area (Å²) < 4.78 is 13.1. The van der Waals surface area contributed by atoms with E-state index >= 15 is 0 Å². The summed E-state index contributed by atoms with van der Waals surface area (Å²) in [6, 6.07) is 7.44. The van der Waals surface area contributed by atoms with Crippen LogP contribution in [0.1, 0.15) is 16.9 Å². The predicted octanol–water partition coefficient (Wildman–Crippen LogP) is 3.49. The zero-order chi connectivity index (χ0) is 17.5. The van der Waals surface area contributed by atoms with E-state index in [0.29, 0.717) is 5.69 Å². The predicted molar refractivity (Wildman–Crippen MR) is 95.3 cm³/mol. The molecule has 0 saturated heterocycles. The van der Waals surface area contributed by atoms with E-state index in [1.165, 1.54) is 18.2 Å². The van der Waals surface area contributed by atoms with Crippen LogP contribution in [-0.2, 0) is 0 Å². The maximum absolute atomic E-state index is 13.1. The Morgan fingerprint density at radius 1 is 1.25 bits per heavy atom. The number of hydrogen-bond donors (Lipinski definition) is 2. The van der Waals surface area contributed by atoms with Gasteiger partial charge in [-0.05, 0) is 57.4 Å². The first-order valence-corrected chi connectivity index (χ1v) is 7.94. The quantitative estimate of drug-likeness (QED) is 0.750. The van der Waals surface area contributed by atoms with Crippen LogP contribution in [0, 0.1) is 5.82 Å². The normalized spacial score (nSPS) is 10.7. The number of nitrogens with zero attached hydrogens (tertiary/aromatic N) is 2. The Hall–Kier alpha value is -2.18. The Bertz CT molecular complexity index is 691. The molecule has 0 spiro atoms. The first-order valence-electron chi connectivity index (χ1n) is 7.57. The molecule has 1 heterocycles. The van der Waals surface area contributed by atoms with E-state index in [9.17, 15) is 9.18 Å². The Morgan fingerprint density at radius 3 is 2.62 bits per heavy atom. The molecular weight excluding hydrogens is 331 g/mol. The number of pyridine rings is 1. The molecule has 128 valence electrons. The lowest BCUT2D eigenvalue weighted by Crippen LogP contribution is -2.16. The van der Waals surface area contributed by atoms with E-state index in [0.717, 1.165) is 25.2 Å². The molecule has 0 saturated carbocycles. The van der Waals surface area contributed by atoms with Gasteiger partial charge in [-0.25, -0.2) is 9.37 Å². The molecule has 0 atom stereocenters. The topological polar surface area (TPSA) is 57.3 Å². The van der Waals surface area contributed by atoms with Crippen molar-refractivity contribution < 1.29 is 9.18 Å². The Morgan fingerprint density at radius 2 is 2.00 bits per heavy atom. The number of hydrogen-bond acceptors (Lipinski definition) is 4. The number of nitrogens with one attached hydrogen (secondary N) is 2. The van der Waals surface area contributed by atoms with Crippen molar-refractivity contribution >= 4 is 28.9 Å². The highest BCUT2D eigenvalue weighted by Crippen LogP contribution is 2.19. The van der Waals surface area contributed by atoms with Gasteiger partial charge in [0, 0.05) is 12.2 Å². The number of halogens is 2. The van der Waals surface area contributed by atoms with Gasteiger partial charge < -0.3 is 15.5 Å². The van der Waals surface area contributed by atoms with Crippen LogP contribution in [0.2, 0.25) is 5.02 Å². The summed E-state index contributed by atoms with van der Waals surface area (Å²) in [6.45, 7) is 1.83. The van der Waals surface area contributed by atoms with Gasteiger partial charge in [0.1, 0.15) is 11.5 Å². The van der Waals surface area contributed by atoms with Gasteiger partial charge in [-0.2, -0.15) is 0 Å². The highest BCUT2D eigenvalue weighted by Gasteiger charge is 2.09. The zero-order valence-electron chi connectivity index (χ0n) is 13.6. The maximum atomic E-state index is 13.1. The second-order valence-corrected chi connectivity index (χ2v) is 6.01. The summed E-state index contributed by atoms with van der Waals surface area (Å²) in [5, 5.41) is 5.84. The Kier molecular flexibility index (Phi) is 6.52. The first kappa shape index (κ1) is 18.2. The number of amides is 1. The number of benzene rings is 1. The lowest BCUT2D eigenvalue weighted by Gasteiger charge is -2.11. The second-order valence-electron chi connectivity index (χ2n) is 5.60. The van der Waals surface area contributed by atoms with Crippen LogP contribution in [-0.4, -0.2) is 43.0 Å². The van der Waals surface area contributed by atoms with Gasteiger partial charge in [0.2, 0.25) is 0 Å². The molecular formula is C17H20ClFN4O. The molecule has 7 heteroatoms. The lowest BCUT2D eigenvalue weighted by atomic mass is 10.2. The number of carbonyl (C=O) groups excluding carboxylic acids is 1. The number of aromatic nitrogens is 1. The third-order valence-corrected chi connectivity index (χ3v) is 3.57. The fraction of sp³-hybridized carbons (Fsp3) is 0.294. The van der Waals surface area contributed by atoms with Gasteiger partial charge in [0.05, 0.1) is 16.9 Å². The minimum atomic E-state index is -0.530. The van der Waals surface area contributed by atoms with E-state index in [4.69, 9.17) is 11.6 Å². The van der Waals surface area contributed by atoms with E-state index in [2.05, 4.69) is 20.5 Å². The highest BCUT2D eigenvalue weighted by atomic mass is 35.5. The van der Waals surface area contributed by atoms with E-state index in [-0.39, 0.29) is 16.6 Å². The minimum Gasteiger partial charge on any atom is -0.384 e. The second kappa shape index (κ2) is 8.61. The fourth-order valence-corrected chi connectivity index (χ4v) is 2.21. The van der Waals surface area contributed by atoms with Crippen LogP contribution in [0.5, 0.6) is 0 Å². The maximum Gasteiger partial charge on any atom is 0.274 e. The summed E-state index contributed by atoms with van der Waals surface area (Å²) in [7, 11) is 4.06. The average molecular weight is 351 g/mol. The molecule has 2 aromatic rings. The van der Waals surface area contributed by atoms with Crippen molar-refractivity contribution in [3.8, 4) is 0 Å². The smallest absolute Gasteiger partial charge is 0.274 e. The molecule has 0 fully saturated rings. The van der Waals surface area contributed by atoms with Crippen molar-refractivity contribution in [2.24, 2.45) is 0 Å². The van der Waals surface area contributed by atoms with Crippen molar-refractivity contribution in [3.63, 3.8) is 0 Å². The SMILES string of the molecule is CN(C)CCCNc1ccc(C(=O)Nc2ccc(F)c(Cl)c2)nc1. The van der Waals surface area contributed by atoms with Crippen molar-refractivity contribution in [2.75, 3.05) is 37.8 Å². The zero-order valence-corrected chi connectivity index (χ0v) is 14.4. The van der Waals surface area contributed by atoms with Gasteiger partial charge >= 0.3 is 0 Å². The molecule has 24 heavy (non-hydrogen) atoms. The minimum absolute atomic E-state index is 0.0435. The highest BCUT2D eigenvalue weighted by molar-refractivity contribution is 6.31. The molecule has 0 aliphatic heterocycles. The molecule has 0 radical (unpaired) electrons. The third-order valence-electron chi connectivity index (χ3n) is 3.28. The number of anilines is 2. The summed E-state index contributed by atoms with van der Waals surface area (Å²) in [6.07, 6.45) is 2.63. The summed E-state index contributed by atoms with van der Waals surface area (Å²) in [5.74, 6) is -0.908.